The minimum atomic E-state index is -0.178. The van der Waals surface area contributed by atoms with Crippen molar-refractivity contribution < 1.29 is 4.39 Å². The van der Waals surface area contributed by atoms with Crippen molar-refractivity contribution in [1.82, 2.24) is 25.4 Å². The summed E-state index contributed by atoms with van der Waals surface area (Å²) in [6, 6.07) is 7.06. The first-order chi connectivity index (χ1) is 12.1. The molecule has 1 atom stereocenters. The number of fused-ring (bicyclic) bond motifs is 1. The van der Waals surface area contributed by atoms with E-state index in [1.807, 2.05) is 17.7 Å². The summed E-state index contributed by atoms with van der Waals surface area (Å²) >= 11 is 0. The van der Waals surface area contributed by atoms with Crippen molar-refractivity contribution in [2.45, 2.75) is 45.2 Å². The molecule has 1 aromatic carbocycles. The number of aliphatic imine (C=N–C) groups is 1. The molecule has 1 aliphatic heterocycles. The molecule has 2 heterocycles. The van der Waals surface area contributed by atoms with Gasteiger partial charge in [-0.2, -0.15) is 5.10 Å². The predicted molar refractivity (Wildman–Crippen MR) is 96.1 cm³/mol. The molecule has 0 saturated carbocycles. The summed E-state index contributed by atoms with van der Waals surface area (Å²) < 4.78 is 15.2. The van der Waals surface area contributed by atoms with Gasteiger partial charge in [-0.25, -0.2) is 14.1 Å². The van der Waals surface area contributed by atoms with Gasteiger partial charge in [-0.1, -0.05) is 12.1 Å². The van der Waals surface area contributed by atoms with Crippen molar-refractivity contribution in [3.63, 3.8) is 0 Å². The molecule has 0 amide bonds. The third-order valence-electron chi connectivity index (χ3n) is 4.35. The third-order valence-corrected chi connectivity index (χ3v) is 4.35. The predicted octanol–water partition coefficient (Wildman–Crippen LogP) is 1.84. The van der Waals surface area contributed by atoms with Crippen LogP contribution in [0.3, 0.4) is 0 Å². The van der Waals surface area contributed by atoms with Crippen LogP contribution in [0.25, 0.3) is 0 Å². The second-order valence-electron chi connectivity index (χ2n) is 6.37. The first-order valence-electron chi connectivity index (χ1n) is 8.76. The highest BCUT2D eigenvalue weighted by atomic mass is 19.1. The quantitative estimate of drug-likeness (QED) is 0.493. The van der Waals surface area contributed by atoms with E-state index < -0.39 is 0 Å². The fourth-order valence-electron chi connectivity index (χ4n) is 3.13. The van der Waals surface area contributed by atoms with E-state index in [-0.39, 0.29) is 5.82 Å². The number of guanidine groups is 1. The molecule has 134 valence electrons. The Morgan fingerprint density at radius 2 is 2.32 bits per heavy atom. The number of nitrogens with one attached hydrogen (secondary N) is 2. The Balaban J connectivity index is 1.43. The third kappa shape index (κ3) is 4.78. The van der Waals surface area contributed by atoms with E-state index in [1.165, 1.54) is 6.07 Å². The van der Waals surface area contributed by atoms with Crippen molar-refractivity contribution in [3.05, 3.63) is 47.3 Å². The number of halogens is 1. The molecule has 1 unspecified atom stereocenters. The van der Waals surface area contributed by atoms with E-state index in [1.54, 1.807) is 19.2 Å². The summed E-state index contributed by atoms with van der Waals surface area (Å²) in [6.07, 6.45) is 3.70. The van der Waals surface area contributed by atoms with Gasteiger partial charge in [-0.3, -0.25) is 4.99 Å². The SMILES string of the molecule is CN=C(NCCCc1cccc(F)c1)NC1CCc2nc(C)nn2C1. The lowest BCUT2D eigenvalue weighted by atomic mass is 10.1. The van der Waals surface area contributed by atoms with Crippen molar-refractivity contribution in [2.75, 3.05) is 13.6 Å². The zero-order valence-electron chi connectivity index (χ0n) is 14.8. The summed E-state index contributed by atoms with van der Waals surface area (Å²) in [6.45, 7) is 3.52. The highest BCUT2D eigenvalue weighted by Crippen LogP contribution is 2.12. The van der Waals surface area contributed by atoms with E-state index in [4.69, 9.17) is 0 Å². The molecule has 1 aromatic heterocycles. The Labute approximate surface area is 147 Å². The number of benzene rings is 1. The number of hydrogen-bond acceptors (Lipinski definition) is 3. The monoisotopic (exact) mass is 344 g/mol. The van der Waals surface area contributed by atoms with Crippen molar-refractivity contribution in [1.29, 1.82) is 0 Å². The molecule has 0 saturated heterocycles. The van der Waals surface area contributed by atoms with Crippen LogP contribution in [-0.4, -0.2) is 40.4 Å². The van der Waals surface area contributed by atoms with Crippen LogP contribution >= 0.6 is 0 Å². The summed E-state index contributed by atoms with van der Waals surface area (Å²) in [4.78, 5) is 8.72. The second-order valence-corrected chi connectivity index (χ2v) is 6.37. The Kier molecular flexibility index (Phi) is 5.63. The normalized spacial score (nSPS) is 17.2. The lowest BCUT2D eigenvalue weighted by molar-refractivity contribution is 0.392. The van der Waals surface area contributed by atoms with Gasteiger partial charge in [0.1, 0.15) is 17.5 Å². The number of aryl methyl sites for hydroxylation is 3. The van der Waals surface area contributed by atoms with Crippen LogP contribution < -0.4 is 10.6 Å². The summed E-state index contributed by atoms with van der Waals surface area (Å²) in [5.41, 5.74) is 1.02. The minimum absolute atomic E-state index is 0.178. The molecule has 2 aromatic rings. The second kappa shape index (κ2) is 8.09. The number of aromatic nitrogens is 3. The molecular weight excluding hydrogens is 319 g/mol. The van der Waals surface area contributed by atoms with Crippen LogP contribution in [-0.2, 0) is 19.4 Å². The van der Waals surface area contributed by atoms with Gasteiger partial charge in [0.15, 0.2) is 5.96 Å². The number of nitrogens with zero attached hydrogens (tertiary/aromatic N) is 4. The number of rotatable bonds is 5. The van der Waals surface area contributed by atoms with Gasteiger partial charge in [0.25, 0.3) is 0 Å². The smallest absolute Gasteiger partial charge is 0.191 e. The first-order valence-corrected chi connectivity index (χ1v) is 8.76. The molecule has 0 radical (unpaired) electrons. The van der Waals surface area contributed by atoms with Gasteiger partial charge >= 0.3 is 0 Å². The van der Waals surface area contributed by atoms with E-state index in [2.05, 4.69) is 25.7 Å². The molecule has 1 aliphatic rings. The van der Waals surface area contributed by atoms with Gasteiger partial charge < -0.3 is 10.6 Å². The maximum Gasteiger partial charge on any atom is 0.191 e. The van der Waals surface area contributed by atoms with Crippen LogP contribution in [0.15, 0.2) is 29.3 Å². The van der Waals surface area contributed by atoms with E-state index in [0.29, 0.717) is 6.04 Å². The maximum absolute atomic E-state index is 13.2. The first kappa shape index (κ1) is 17.4. The Morgan fingerprint density at radius 3 is 3.12 bits per heavy atom. The zero-order chi connectivity index (χ0) is 17.6. The maximum atomic E-state index is 13.2. The molecule has 0 spiro atoms. The fourth-order valence-corrected chi connectivity index (χ4v) is 3.13. The topological polar surface area (TPSA) is 67.1 Å². The van der Waals surface area contributed by atoms with Gasteiger partial charge in [0.2, 0.25) is 0 Å². The minimum Gasteiger partial charge on any atom is -0.356 e. The van der Waals surface area contributed by atoms with Crippen LogP contribution in [0.5, 0.6) is 0 Å². The van der Waals surface area contributed by atoms with Crippen LogP contribution in [0, 0.1) is 12.7 Å². The largest absolute Gasteiger partial charge is 0.356 e. The summed E-state index contributed by atoms with van der Waals surface area (Å²) in [5.74, 6) is 2.51. The van der Waals surface area contributed by atoms with Gasteiger partial charge in [-0.15, -0.1) is 0 Å². The molecule has 7 heteroatoms. The molecule has 3 rings (SSSR count). The zero-order valence-corrected chi connectivity index (χ0v) is 14.8. The summed E-state index contributed by atoms with van der Waals surface area (Å²) in [5, 5.41) is 11.2. The fraction of sp³-hybridized carbons (Fsp3) is 0.500. The number of hydrogen-bond donors (Lipinski definition) is 2. The molecule has 0 aliphatic carbocycles. The average Bonchev–Trinajstić information content (AvgIpc) is 2.97. The molecule has 0 fully saturated rings. The highest BCUT2D eigenvalue weighted by molar-refractivity contribution is 5.79. The van der Waals surface area contributed by atoms with E-state index in [9.17, 15) is 4.39 Å². The van der Waals surface area contributed by atoms with Crippen molar-refractivity contribution >= 4 is 5.96 Å². The lowest BCUT2D eigenvalue weighted by Crippen LogP contribution is -2.47. The Morgan fingerprint density at radius 1 is 1.44 bits per heavy atom. The van der Waals surface area contributed by atoms with E-state index in [0.717, 1.165) is 61.9 Å². The van der Waals surface area contributed by atoms with Crippen LogP contribution in [0.1, 0.15) is 30.1 Å². The average molecular weight is 344 g/mol. The molecule has 2 N–H and O–H groups in total. The van der Waals surface area contributed by atoms with Crippen LogP contribution in [0.2, 0.25) is 0 Å². The molecule has 25 heavy (non-hydrogen) atoms. The molecule has 0 bridgehead atoms. The van der Waals surface area contributed by atoms with Gasteiger partial charge in [0.05, 0.1) is 6.54 Å². The van der Waals surface area contributed by atoms with Crippen LogP contribution in [0.4, 0.5) is 4.39 Å². The Hall–Kier alpha value is -2.44. The lowest BCUT2D eigenvalue weighted by Gasteiger charge is -2.25. The molecular formula is C18H25FN6. The van der Waals surface area contributed by atoms with Gasteiger partial charge in [-0.05, 0) is 43.9 Å². The van der Waals surface area contributed by atoms with Gasteiger partial charge in [0, 0.05) is 26.1 Å². The van der Waals surface area contributed by atoms with E-state index >= 15 is 0 Å². The summed E-state index contributed by atoms with van der Waals surface area (Å²) in [7, 11) is 1.77. The Bertz CT molecular complexity index is 739. The van der Waals surface area contributed by atoms with Crippen molar-refractivity contribution in [3.8, 4) is 0 Å². The highest BCUT2D eigenvalue weighted by Gasteiger charge is 2.21. The standard InChI is InChI=1S/C18H25FN6/c1-13-22-17-9-8-16(12-25(17)24-13)23-18(20-2)21-10-4-6-14-5-3-7-15(19)11-14/h3,5,7,11,16H,4,6,8-10,12H2,1-2H3,(H2,20,21,23). The van der Waals surface area contributed by atoms with Crippen molar-refractivity contribution in [2.24, 2.45) is 4.99 Å². The molecule has 6 nitrogen and oxygen atoms in total.